The number of anilines is 1. The molecule has 5 nitrogen and oxygen atoms in total. The zero-order valence-corrected chi connectivity index (χ0v) is 13.4. The van der Waals surface area contributed by atoms with Crippen molar-refractivity contribution in [1.29, 1.82) is 0 Å². The third-order valence-corrected chi connectivity index (χ3v) is 4.09. The predicted molar refractivity (Wildman–Crippen MR) is 87.6 cm³/mol. The van der Waals surface area contributed by atoms with E-state index >= 15 is 0 Å². The molecular formula is C17H25N3O2. The number of carbonyl (C=O) groups excluding carboxylic acids is 2. The van der Waals surface area contributed by atoms with E-state index in [0.717, 1.165) is 36.9 Å². The first-order chi connectivity index (χ1) is 10.6. The Kier molecular flexibility index (Phi) is 5.81. The normalized spacial score (nSPS) is 14.6. The van der Waals surface area contributed by atoms with Crippen LogP contribution in [0, 0.1) is 5.92 Å². The number of carbonyl (C=O) groups is 2. The Bertz CT molecular complexity index is 505. The largest absolute Gasteiger partial charge is 0.378 e. The molecule has 2 amide bonds. The number of amides is 2. The highest BCUT2D eigenvalue weighted by atomic mass is 16.2. The molecule has 2 rings (SSSR count). The maximum absolute atomic E-state index is 11.8. The number of nitrogens with one attached hydrogen (secondary N) is 2. The van der Waals surface area contributed by atoms with Crippen molar-refractivity contribution in [2.45, 2.75) is 32.2 Å². The van der Waals surface area contributed by atoms with Gasteiger partial charge in [-0.1, -0.05) is 25.0 Å². The highest BCUT2D eigenvalue weighted by Gasteiger charge is 2.22. The molecule has 22 heavy (non-hydrogen) atoms. The molecular weight excluding hydrogens is 278 g/mol. The molecule has 2 N–H and O–H groups in total. The van der Waals surface area contributed by atoms with Crippen molar-refractivity contribution in [3.8, 4) is 0 Å². The summed E-state index contributed by atoms with van der Waals surface area (Å²) in [5.41, 5.74) is 2.17. The highest BCUT2D eigenvalue weighted by molar-refractivity contribution is 5.85. The fourth-order valence-electron chi connectivity index (χ4n) is 2.67. The van der Waals surface area contributed by atoms with E-state index in [4.69, 9.17) is 0 Å². The quantitative estimate of drug-likeness (QED) is 0.840. The molecule has 1 aromatic rings. The Morgan fingerprint density at radius 1 is 1.09 bits per heavy atom. The molecule has 1 aromatic carbocycles. The Balaban J connectivity index is 1.69. The maximum Gasteiger partial charge on any atom is 0.239 e. The Labute approximate surface area is 132 Å². The predicted octanol–water partition coefficient (Wildman–Crippen LogP) is 1.68. The van der Waals surface area contributed by atoms with E-state index in [1.807, 2.05) is 43.3 Å². The minimum atomic E-state index is -0.150. The van der Waals surface area contributed by atoms with Crippen LogP contribution in [-0.2, 0) is 16.1 Å². The average molecular weight is 303 g/mol. The lowest BCUT2D eigenvalue weighted by Gasteiger charge is -2.13. The standard InChI is InChI=1S/C17H25N3O2/c1-20(2)15-9-7-13(8-10-15)11-18-16(21)12-19-17(22)14-5-3-4-6-14/h7-10,14H,3-6,11-12H2,1-2H3,(H,18,21)(H,19,22). The lowest BCUT2D eigenvalue weighted by Crippen LogP contribution is -2.38. The summed E-state index contributed by atoms with van der Waals surface area (Å²) in [6.07, 6.45) is 4.14. The van der Waals surface area contributed by atoms with Crippen molar-refractivity contribution < 1.29 is 9.59 Å². The minimum Gasteiger partial charge on any atom is -0.378 e. The van der Waals surface area contributed by atoms with Crippen LogP contribution >= 0.6 is 0 Å². The van der Waals surface area contributed by atoms with Gasteiger partial charge in [-0.05, 0) is 30.5 Å². The summed E-state index contributed by atoms with van der Waals surface area (Å²) in [6, 6.07) is 8.02. The molecule has 1 aliphatic carbocycles. The summed E-state index contributed by atoms with van der Waals surface area (Å²) in [5, 5.41) is 5.55. The molecule has 1 fully saturated rings. The van der Waals surface area contributed by atoms with Crippen LogP contribution in [0.1, 0.15) is 31.2 Å². The van der Waals surface area contributed by atoms with Gasteiger partial charge in [0.2, 0.25) is 11.8 Å². The van der Waals surface area contributed by atoms with Crippen LogP contribution in [-0.4, -0.2) is 32.5 Å². The van der Waals surface area contributed by atoms with E-state index in [0.29, 0.717) is 6.54 Å². The van der Waals surface area contributed by atoms with Crippen LogP contribution in [0.3, 0.4) is 0 Å². The van der Waals surface area contributed by atoms with E-state index in [1.54, 1.807) is 0 Å². The Morgan fingerprint density at radius 2 is 1.73 bits per heavy atom. The van der Waals surface area contributed by atoms with E-state index in [9.17, 15) is 9.59 Å². The van der Waals surface area contributed by atoms with Crippen LogP contribution in [0.4, 0.5) is 5.69 Å². The zero-order chi connectivity index (χ0) is 15.9. The van der Waals surface area contributed by atoms with Crippen LogP contribution in [0.15, 0.2) is 24.3 Å². The van der Waals surface area contributed by atoms with Crippen molar-refractivity contribution in [2.75, 3.05) is 25.5 Å². The second kappa shape index (κ2) is 7.82. The van der Waals surface area contributed by atoms with Crippen LogP contribution in [0.2, 0.25) is 0 Å². The van der Waals surface area contributed by atoms with E-state index in [2.05, 4.69) is 10.6 Å². The van der Waals surface area contributed by atoms with Crippen molar-refractivity contribution in [3.63, 3.8) is 0 Å². The van der Waals surface area contributed by atoms with E-state index < -0.39 is 0 Å². The number of rotatable bonds is 6. The van der Waals surface area contributed by atoms with Gasteiger partial charge in [-0.2, -0.15) is 0 Å². The van der Waals surface area contributed by atoms with Crippen molar-refractivity contribution in [3.05, 3.63) is 29.8 Å². The molecule has 0 saturated heterocycles. The zero-order valence-electron chi connectivity index (χ0n) is 13.4. The summed E-state index contributed by atoms with van der Waals surface area (Å²) < 4.78 is 0. The van der Waals surface area contributed by atoms with E-state index in [-0.39, 0.29) is 24.3 Å². The maximum atomic E-state index is 11.8. The highest BCUT2D eigenvalue weighted by Crippen LogP contribution is 2.24. The van der Waals surface area contributed by atoms with Gasteiger partial charge in [0.1, 0.15) is 0 Å². The smallest absolute Gasteiger partial charge is 0.239 e. The SMILES string of the molecule is CN(C)c1ccc(CNC(=O)CNC(=O)C2CCCC2)cc1. The summed E-state index contributed by atoms with van der Waals surface area (Å²) in [5.74, 6) is -0.0302. The average Bonchev–Trinajstić information content (AvgIpc) is 3.05. The number of hydrogen-bond acceptors (Lipinski definition) is 3. The molecule has 0 radical (unpaired) electrons. The monoisotopic (exact) mass is 303 g/mol. The molecule has 0 spiro atoms. The van der Waals surface area contributed by atoms with Gasteiger partial charge in [0.15, 0.2) is 0 Å². The molecule has 0 atom stereocenters. The summed E-state index contributed by atoms with van der Waals surface area (Å²) in [6.45, 7) is 0.539. The van der Waals surface area contributed by atoms with Crippen molar-refractivity contribution in [2.24, 2.45) is 5.92 Å². The Hall–Kier alpha value is -2.04. The van der Waals surface area contributed by atoms with Crippen LogP contribution in [0.25, 0.3) is 0 Å². The molecule has 0 unspecified atom stereocenters. The molecule has 0 aliphatic heterocycles. The number of benzene rings is 1. The fraction of sp³-hybridized carbons (Fsp3) is 0.529. The van der Waals surface area contributed by atoms with Gasteiger partial charge in [-0.15, -0.1) is 0 Å². The lowest BCUT2D eigenvalue weighted by molar-refractivity contribution is -0.128. The van der Waals surface area contributed by atoms with Crippen LogP contribution in [0.5, 0.6) is 0 Å². The summed E-state index contributed by atoms with van der Waals surface area (Å²) in [7, 11) is 3.98. The van der Waals surface area contributed by atoms with Gasteiger partial charge in [0.25, 0.3) is 0 Å². The van der Waals surface area contributed by atoms with Gasteiger partial charge in [-0.3, -0.25) is 9.59 Å². The molecule has 0 aromatic heterocycles. The molecule has 120 valence electrons. The number of nitrogens with zero attached hydrogens (tertiary/aromatic N) is 1. The third kappa shape index (κ3) is 4.76. The second-order valence-corrected chi connectivity index (χ2v) is 6.04. The van der Waals surface area contributed by atoms with Crippen LogP contribution < -0.4 is 15.5 Å². The summed E-state index contributed by atoms with van der Waals surface area (Å²) in [4.78, 5) is 25.6. The molecule has 0 bridgehead atoms. The first kappa shape index (κ1) is 16.3. The first-order valence-electron chi connectivity index (χ1n) is 7.87. The van der Waals surface area contributed by atoms with Gasteiger partial charge in [-0.25, -0.2) is 0 Å². The lowest BCUT2D eigenvalue weighted by atomic mass is 10.1. The van der Waals surface area contributed by atoms with Gasteiger partial charge >= 0.3 is 0 Å². The number of hydrogen-bond donors (Lipinski definition) is 2. The molecule has 0 heterocycles. The van der Waals surface area contributed by atoms with Crippen molar-refractivity contribution in [1.82, 2.24) is 10.6 Å². The molecule has 1 aliphatic rings. The first-order valence-corrected chi connectivity index (χ1v) is 7.87. The topological polar surface area (TPSA) is 61.4 Å². The molecule has 5 heteroatoms. The third-order valence-electron chi connectivity index (χ3n) is 4.09. The second-order valence-electron chi connectivity index (χ2n) is 6.04. The molecule has 1 saturated carbocycles. The summed E-state index contributed by atoms with van der Waals surface area (Å²) >= 11 is 0. The fourth-order valence-corrected chi connectivity index (χ4v) is 2.67. The van der Waals surface area contributed by atoms with Gasteiger partial charge < -0.3 is 15.5 Å². The Morgan fingerprint density at radius 3 is 2.32 bits per heavy atom. The van der Waals surface area contributed by atoms with Gasteiger partial charge in [0.05, 0.1) is 6.54 Å². The minimum absolute atomic E-state index is 0.0167. The van der Waals surface area contributed by atoms with Crippen molar-refractivity contribution >= 4 is 17.5 Å². The van der Waals surface area contributed by atoms with Gasteiger partial charge in [0, 0.05) is 32.2 Å². The van der Waals surface area contributed by atoms with E-state index in [1.165, 1.54) is 0 Å².